The third-order valence-electron chi connectivity index (χ3n) is 2.63. The van der Waals surface area contributed by atoms with Gasteiger partial charge in [-0.25, -0.2) is 0 Å². The lowest BCUT2D eigenvalue weighted by Crippen LogP contribution is -1.83. The van der Waals surface area contributed by atoms with Crippen molar-refractivity contribution in [3.8, 4) is 23.0 Å². The number of benzene rings is 2. The first-order valence-corrected chi connectivity index (χ1v) is 6.06. The van der Waals surface area contributed by atoms with Crippen LogP contribution in [0.4, 0.5) is 0 Å². The molecule has 0 fully saturated rings. The van der Waals surface area contributed by atoms with E-state index in [4.69, 9.17) is 5.53 Å². The number of hydrogen-bond acceptors (Lipinski definition) is 1. The summed E-state index contributed by atoms with van der Waals surface area (Å²) in [5.41, 5.74) is 11.5. The molecular weight excluding hydrogens is 234 g/mol. The molecule has 0 bridgehead atoms. The van der Waals surface area contributed by atoms with Gasteiger partial charge in [-0.3, -0.25) is 0 Å². The van der Waals surface area contributed by atoms with Crippen molar-refractivity contribution in [3.05, 3.63) is 70.6 Å². The predicted octanol–water partition coefficient (Wildman–Crippen LogP) is 4.41. The maximum absolute atomic E-state index is 8.19. The third-order valence-corrected chi connectivity index (χ3v) is 2.63. The standard InChI is InChI=1S/C16H13N3/c17-19-18-13-7-6-11-15-10-4-5-12-16(15)14-8-2-1-3-9-14/h1-5,8-10,12H,7,13H2. The van der Waals surface area contributed by atoms with Crippen LogP contribution in [-0.2, 0) is 0 Å². The Kier molecular flexibility index (Phi) is 4.64. The molecule has 3 nitrogen and oxygen atoms in total. The molecule has 3 heteroatoms. The van der Waals surface area contributed by atoms with E-state index in [1.165, 1.54) is 0 Å². The summed E-state index contributed by atoms with van der Waals surface area (Å²) < 4.78 is 0. The normalized spacial score (nSPS) is 9.05. The first kappa shape index (κ1) is 12.8. The van der Waals surface area contributed by atoms with E-state index in [-0.39, 0.29) is 0 Å². The van der Waals surface area contributed by atoms with E-state index in [0.29, 0.717) is 13.0 Å². The van der Waals surface area contributed by atoms with E-state index < -0.39 is 0 Å². The van der Waals surface area contributed by atoms with Crippen molar-refractivity contribution in [1.82, 2.24) is 0 Å². The summed E-state index contributed by atoms with van der Waals surface area (Å²) in [5, 5.41) is 3.46. The second-order valence-electron chi connectivity index (χ2n) is 3.92. The van der Waals surface area contributed by atoms with Crippen LogP contribution in [0, 0.1) is 11.8 Å². The summed E-state index contributed by atoms with van der Waals surface area (Å²) in [6.45, 7) is 0.414. The highest BCUT2D eigenvalue weighted by atomic mass is 15.1. The largest absolute Gasteiger partial charge is 0.0977 e. The molecule has 2 aromatic rings. The van der Waals surface area contributed by atoms with Crippen molar-refractivity contribution in [2.24, 2.45) is 5.11 Å². The van der Waals surface area contributed by atoms with Crippen LogP contribution in [0.5, 0.6) is 0 Å². The molecule has 92 valence electrons. The van der Waals surface area contributed by atoms with Gasteiger partial charge in [0.2, 0.25) is 0 Å². The maximum Gasteiger partial charge on any atom is 0.0367 e. The molecule has 0 aliphatic carbocycles. The van der Waals surface area contributed by atoms with Crippen LogP contribution in [0.1, 0.15) is 12.0 Å². The van der Waals surface area contributed by atoms with Gasteiger partial charge >= 0.3 is 0 Å². The Balaban J connectivity index is 2.24. The van der Waals surface area contributed by atoms with Crippen molar-refractivity contribution in [2.45, 2.75) is 6.42 Å². The fraction of sp³-hybridized carbons (Fsp3) is 0.125. The number of azide groups is 1. The van der Waals surface area contributed by atoms with Gasteiger partial charge in [0, 0.05) is 23.4 Å². The van der Waals surface area contributed by atoms with Crippen LogP contribution in [0.25, 0.3) is 21.6 Å². The Bertz CT molecular complexity index is 644. The third kappa shape index (κ3) is 3.64. The lowest BCUT2D eigenvalue weighted by molar-refractivity contribution is 1.01. The van der Waals surface area contributed by atoms with Crippen molar-refractivity contribution in [3.63, 3.8) is 0 Å². The fourth-order valence-corrected chi connectivity index (χ4v) is 1.77. The SMILES string of the molecule is [N-]=[N+]=NCCC#Cc1ccccc1-c1ccccc1. The monoisotopic (exact) mass is 247 g/mol. The van der Waals surface area contributed by atoms with E-state index in [9.17, 15) is 0 Å². The molecule has 0 aromatic heterocycles. The van der Waals surface area contributed by atoms with Gasteiger partial charge in [0.1, 0.15) is 0 Å². The molecule has 0 aliphatic rings. The van der Waals surface area contributed by atoms with Crippen LogP contribution in [0.3, 0.4) is 0 Å². The second-order valence-corrected chi connectivity index (χ2v) is 3.92. The quantitative estimate of drug-likeness (QED) is 0.254. The number of nitrogens with zero attached hydrogens (tertiary/aromatic N) is 3. The van der Waals surface area contributed by atoms with Crippen LogP contribution in [0.2, 0.25) is 0 Å². The highest BCUT2D eigenvalue weighted by Gasteiger charge is 2.00. The summed E-state index contributed by atoms with van der Waals surface area (Å²) in [7, 11) is 0. The molecule has 0 atom stereocenters. The fourth-order valence-electron chi connectivity index (χ4n) is 1.77. The van der Waals surface area contributed by atoms with Crippen LogP contribution < -0.4 is 0 Å². The molecule has 0 radical (unpaired) electrons. The minimum atomic E-state index is 0.414. The van der Waals surface area contributed by atoms with Gasteiger partial charge in [-0.1, -0.05) is 65.5 Å². The van der Waals surface area contributed by atoms with Crippen molar-refractivity contribution < 1.29 is 0 Å². The van der Waals surface area contributed by atoms with Gasteiger partial charge in [-0.15, -0.1) is 0 Å². The summed E-state index contributed by atoms with van der Waals surface area (Å²) in [6, 6.07) is 18.2. The Labute approximate surface area is 112 Å². The van der Waals surface area contributed by atoms with E-state index >= 15 is 0 Å². The average molecular weight is 247 g/mol. The zero-order chi connectivity index (χ0) is 13.3. The summed E-state index contributed by atoms with van der Waals surface area (Å²) >= 11 is 0. The van der Waals surface area contributed by atoms with E-state index in [2.05, 4.69) is 40.1 Å². The molecule has 0 saturated carbocycles. The van der Waals surface area contributed by atoms with Crippen molar-refractivity contribution >= 4 is 0 Å². The van der Waals surface area contributed by atoms with Crippen molar-refractivity contribution in [2.75, 3.05) is 6.54 Å². The maximum atomic E-state index is 8.19. The summed E-state index contributed by atoms with van der Waals surface area (Å²) in [5.74, 6) is 6.17. The van der Waals surface area contributed by atoms with Gasteiger partial charge in [0.15, 0.2) is 0 Å². The van der Waals surface area contributed by atoms with Crippen molar-refractivity contribution in [1.29, 1.82) is 0 Å². The van der Waals surface area contributed by atoms with E-state index in [1.807, 2.05) is 36.4 Å². The van der Waals surface area contributed by atoms with Crippen LogP contribution in [-0.4, -0.2) is 6.54 Å². The molecule has 0 saturated heterocycles. The molecule has 2 rings (SSSR count). The lowest BCUT2D eigenvalue weighted by atomic mass is 10.00. The first-order valence-electron chi connectivity index (χ1n) is 6.06. The Morgan fingerprint density at radius 3 is 2.53 bits per heavy atom. The van der Waals surface area contributed by atoms with Gasteiger partial charge in [0.05, 0.1) is 0 Å². The smallest absolute Gasteiger partial charge is 0.0367 e. The van der Waals surface area contributed by atoms with Gasteiger partial charge < -0.3 is 0 Å². The Hall–Kier alpha value is -2.69. The molecule has 0 aliphatic heterocycles. The van der Waals surface area contributed by atoms with Gasteiger partial charge in [-0.2, -0.15) is 0 Å². The minimum absolute atomic E-state index is 0.414. The average Bonchev–Trinajstić information content (AvgIpc) is 2.48. The summed E-state index contributed by atoms with van der Waals surface area (Å²) in [4.78, 5) is 2.70. The minimum Gasteiger partial charge on any atom is -0.0977 e. The highest BCUT2D eigenvalue weighted by molar-refractivity contribution is 5.70. The molecule has 0 spiro atoms. The van der Waals surface area contributed by atoms with E-state index in [1.54, 1.807) is 0 Å². The topological polar surface area (TPSA) is 48.8 Å². The molecule has 0 unspecified atom stereocenters. The molecule has 0 heterocycles. The molecule has 0 N–H and O–H groups in total. The highest BCUT2D eigenvalue weighted by Crippen LogP contribution is 2.22. The molecule has 2 aromatic carbocycles. The van der Waals surface area contributed by atoms with Gasteiger partial charge in [0.25, 0.3) is 0 Å². The zero-order valence-corrected chi connectivity index (χ0v) is 10.5. The predicted molar refractivity (Wildman–Crippen MR) is 77.4 cm³/mol. The first-order chi connectivity index (χ1) is 9.42. The zero-order valence-electron chi connectivity index (χ0n) is 10.5. The van der Waals surface area contributed by atoms with Crippen LogP contribution >= 0.6 is 0 Å². The van der Waals surface area contributed by atoms with Gasteiger partial charge in [-0.05, 0) is 22.7 Å². The number of rotatable bonds is 3. The molecule has 0 amide bonds. The van der Waals surface area contributed by atoms with Crippen LogP contribution in [0.15, 0.2) is 59.7 Å². The Morgan fingerprint density at radius 1 is 1.00 bits per heavy atom. The molecular formula is C16H13N3. The van der Waals surface area contributed by atoms with E-state index in [0.717, 1.165) is 16.7 Å². The Morgan fingerprint density at radius 2 is 1.74 bits per heavy atom. The second kappa shape index (κ2) is 6.90. The lowest BCUT2D eigenvalue weighted by Gasteiger charge is -2.03. The summed E-state index contributed by atoms with van der Waals surface area (Å²) in [6.07, 6.45) is 0.577. The molecule has 19 heavy (non-hydrogen) atoms. The number of hydrogen-bond donors (Lipinski definition) is 0.